The third-order valence-corrected chi connectivity index (χ3v) is 5.91. The second-order valence-corrected chi connectivity index (χ2v) is 7.73. The third kappa shape index (κ3) is 3.65. The van der Waals surface area contributed by atoms with Crippen molar-refractivity contribution >= 4 is 28.9 Å². The van der Waals surface area contributed by atoms with E-state index in [-0.39, 0.29) is 16.7 Å². The Labute approximate surface area is 173 Å². The molecule has 28 heavy (non-hydrogen) atoms. The smallest absolute Gasteiger partial charge is 0.273 e. The Bertz CT molecular complexity index is 1020. The lowest BCUT2D eigenvalue weighted by Gasteiger charge is -2.30. The van der Waals surface area contributed by atoms with Gasteiger partial charge >= 0.3 is 0 Å². The van der Waals surface area contributed by atoms with Crippen molar-refractivity contribution in [1.29, 1.82) is 0 Å². The first kappa shape index (κ1) is 19.0. The summed E-state index contributed by atoms with van der Waals surface area (Å²) in [5.41, 5.74) is 3.02. The minimum Gasteiger partial charge on any atom is -0.350 e. The van der Waals surface area contributed by atoms with Crippen molar-refractivity contribution in [2.75, 3.05) is 6.54 Å². The van der Waals surface area contributed by atoms with Crippen molar-refractivity contribution in [3.8, 4) is 0 Å². The van der Waals surface area contributed by atoms with Crippen LogP contribution in [-0.4, -0.2) is 20.9 Å². The van der Waals surface area contributed by atoms with Crippen LogP contribution in [0.15, 0.2) is 60.8 Å². The third-order valence-electron chi connectivity index (χ3n) is 5.18. The first-order valence-corrected chi connectivity index (χ1v) is 9.86. The summed E-state index contributed by atoms with van der Waals surface area (Å²) in [5, 5.41) is 12.5. The van der Waals surface area contributed by atoms with Crippen LogP contribution in [0.25, 0.3) is 0 Å². The number of hydrogen-bond acceptors (Lipinski definition) is 3. The Hall–Kier alpha value is -2.34. The first-order chi connectivity index (χ1) is 13.5. The maximum atomic E-state index is 11.5. The van der Waals surface area contributed by atoms with Crippen LogP contribution in [0.2, 0.25) is 10.0 Å². The van der Waals surface area contributed by atoms with E-state index in [1.54, 1.807) is 18.2 Å². The van der Waals surface area contributed by atoms with Crippen LogP contribution in [-0.2, 0) is 13.1 Å². The van der Waals surface area contributed by atoms with Crippen LogP contribution in [0.4, 0.5) is 5.69 Å². The highest BCUT2D eigenvalue weighted by molar-refractivity contribution is 6.42. The van der Waals surface area contributed by atoms with Gasteiger partial charge < -0.3 is 4.57 Å². The summed E-state index contributed by atoms with van der Waals surface area (Å²) in [7, 11) is 0. The standard InChI is InChI=1S/C21H19Cl2N3O2/c22-17-9-8-15(13-18(17)23)21-20-7-3-10-24(20)11-4-12-25(21)14-16-5-1-2-6-19(16)26(27)28/h1-3,5-10,13,21H,4,11-12,14H2. The Morgan fingerprint density at radius 3 is 2.64 bits per heavy atom. The van der Waals surface area contributed by atoms with E-state index < -0.39 is 0 Å². The summed E-state index contributed by atoms with van der Waals surface area (Å²) < 4.78 is 2.24. The summed E-state index contributed by atoms with van der Waals surface area (Å²) in [6.45, 7) is 2.21. The van der Waals surface area contributed by atoms with E-state index >= 15 is 0 Å². The zero-order valence-electron chi connectivity index (χ0n) is 15.1. The second-order valence-electron chi connectivity index (χ2n) is 6.91. The van der Waals surface area contributed by atoms with Gasteiger partial charge in [-0.3, -0.25) is 15.0 Å². The van der Waals surface area contributed by atoms with E-state index in [1.165, 1.54) is 0 Å². The molecule has 1 unspecified atom stereocenters. The molecule has 0 saturated carbocycles. The average molecular weight is 416 g/mol. The summed E-state index contributed by atoms with van der Waals surface area (Å²) in [6.07, 6.45) is 3.04. The molecule has 0 aliphatic carbocycles. The van der Waals surface area contributed by atoms with Crippen molar-refractivity contribution in [3.63, 3.8) is 0 Å². The molecule has 0 amide bonds. The molecule has 0 bridgehead atoms. The zero-order valence-corrected chi connectivity index (χ0v) is 16.6. The van der Waals surface area contributed by atoms with Crippen LogP contribution >= 0.6 is 23.2 Å². The molecule has 2 heterocycles. The second kappa shape index (κ2) is 7.95. The summed E-state index contributed by atoms with van der Waals surface area (Å²) in [4.78, 5) is 13.4. The van der Waals surface area contributed by atoms with Crippen LogP contribution in [0.1, 0.15) is 29.3 Å². The van der Waals surface area contributed by atoms with Crippen LogP contribution in [0, 0.1) is 10.1 Å². The molecule has 144 valence electrons. The number of halogens is 2. The summed E-state index contributed by atoms with van der Waals surface area (Å²) >= 11 is 12.4. The van der Waals surface area contributed by atoms with Gasteiger partial charge in [0.25, 0.3) is 5.69 Å². The maximum Gasteiger partial charge on any atom is 0.273 e. The number of para-hydroxylation sites is 1. The Morgan fingerprint density at radius 2 is 1.86 bits per heavy atom. The molecule has 0 N–H and O–H groups in total. The fraction of sp³-hybridized carbons (Fsp3) is 0.238. The topological polar surface area (TPSA) is 51.3 Å². The van der Waals surface area contributed by atoms with Gasteiger partial charge in [-0.2, -0.15) is 0 Å². The maximum absolute atomic E-state index is 11.5. The van der Waals surface area contributed by atoms with Crippen LogP contribution < -0.4 is 0 Å². The van der Waals surface area contributed by atoms with Gasteiger partial charge in [0.15, 0.2) is 0 Å². The number of hydrogen-bond donors (Lipinski definition) is 0. The number of nitro groups is 1. The molecule has 3 aromatic rings. The summed E-state index contributed by atoms with van der Waals surface area (Å²) in [6, 6.07) is 16.7. The number of fused-ring (bicyclic) bond motifs is 1. The Balaban J connectivity index is 1.78. The van der Waals surface area contributed by atoms with Crippen molar-refractivity contribution in [1.82, 2.24) is 9.47 Å². The molecule has 0 saturated heterocycles. The lowest BCUT2D eigenvalue weighted by atomic mass is 10.0. The lowest BCUT2D eigenvalue weighted by molar-refractivity contribution is -0.385. The highest BCUT2D eigenvalue weighted by atomic mass is 35.5. The average Bonchev–Trinajstić information content (AvgIpc) is 3.06. The molecular formula is C21H19Cl2N3O2. The molecule has 1 atom stereocenters. The van der Waals surface area contributed by atoms with Gasteiger partial charge in [0.05, 0.1) is 21.0 Å². The van der Waals surface area contributed by atoms with E-state index in [9.17, 15) is 10.1 Å². The Kier molecular flexibility index (Phi) is 5.40. The fourth-order valence-electron chi connectivity index (χ4n) is 3.92. The molecule has 0 radical (unpaired) electrons. The van der Waals surface area contributed by atoms with Gasteiger partial charge in [-0.25, -0.2) is 0 Å². The molecular weight excluding hydrogens is 397 g/mol. The Morgan fingerprint density at radius 1 is 1.04 bits per heavy atom. The predicted octanol–water partition coefficient (Wildman–Crippen LogP) is 5.70. The van der Waals surface area contributed by atoms with Crippen LogP contribution in [0.5, 0.6) is 0 Å². The molecule has 1 aliphatic heterocycles. The number of nitro benzene ring substituents is 1. The lowest BCUT2D eigenvalue weighted by Crippen LogP contribution is -2.29. The van der Waals surface area contributed by atoms with Gasteiger partial charge in [-0.15, -0.1) is 0 Å². The molecule has 0 fully saturated rings. The van der Waals surface area contributed by atoms with E-state index in [1.807, 2.05) is 30.3 Å². The first-order valence-electron chi connectivity index (χ1n) is 9.11. The number of rotatable bonds is 4. The molecule has 0 spiro atoms. The van der Waals surface area contributed by atoms with E-state index in [0.29, 0.717) is 22.2 Å². The fourth-order valence-corrected chi connectivity index (χ4v) is 4.22. The van der Waals surface area contributed by atoms with Crippen molar-refractivity contribution in [3.05, 3.63) is 97.8 Å². The van der Waals surface area contributed by atoms with Crippen molar-refractivity contribution in [2.24, 2.45) is 0 Å². The van der Waals surface area contributed by atoms with Gasteiger partial charge in [0, 0.05) is 43.2 Å². The minimum atomic E-state index is -0.315. The number of aromatic nitrogens is 1. The predicted molar refractivity (Wildman–Crippen MR) is 111 cm³/mol. The SMILES string of the molecule is O=[N+]([O-])c1ccccc1CN1CCCn2cccc2C1c1ccc(Cl)c(Cl)c1. The van der Waals surface area contributed by atoms with Gasteiger partial charge in [-0.1, -0.05) is 47.5 Å². The van der Waals surface area contributed by atoms with Gasteiger partial charge in [-0.05, 0) is 36.2 Å². The van der Waals surface area contributed by atoms with Gasteiger partial charge in [0.1, 0.15) is 0 Å². The highest BCUT2D eigenvalue weighted by Crippen LogP contribution is 2.36. The highest BCUT2D eigenvalue weighted by Gasteiger charge is 2.29. The summed E-state index contributed by atoms with van der Waals surface area (Å²) in [5.74, 6) is 0. The molecule has 1 aromatic heterocycles. The van der Waals surface area contributed by atoms with E-state index in [2.05, 4.69) is 21.7 Å². The van der Waals surface area contributed by atoms with Gasteiger partial charge in [0.2, 0.25) is 0 Å². The molecule has 1 aliphatic rings. The van der Waals surface area contributed by atoms with Crippen molar-refractivity contribution in [2.45, 2.75) is 25.6 Å². The van der Waals surface area contributed by atoms with Crippen LogP contribution in [0.3, 0.4) is 0 Å². The minimum absolute atomic E-state index is 0.0629. The normalized spacial score (nSPS) is 17.1. The van der Waals surface area contributed by atoms with Crippen molar-refractivity contribution < 1.29 is 4.92 Å². The largest absolute Gasteiger partial charge is 0.350 e. The molecule has 7 heteroatoms. The van der Waals surface area contributed by atoms with E-state index in [4.69, 9.17) is 23.2 Å². The zero-order chi connectivity index (χ0) is 19.7. The number of benzene rings is 2. The molecule has 5 nitrogen and oxygen atoms in total. The number of nitrogens with zero attached hydrogens (tertiary/aromatic N) is 3. The quantitative estimate of drug-likeness (QED) is 0.405. The monoisotopic (exact) mass is 415 g/mol. The molecule has 4 rings (SSSR count). The van der Waals surface area contributed by atoms with E-state index in [0.717, 1.165) is 30.8 Å². The molecule has 2 aromatic carbocycles. The number of aryl methyl sites for hydroxylation is 1.